The molecule has 4 aromatic rings. The molecule has 10 heteroatoms. The lowest BCUT2D eigenvalue weighted by molar-refractivity contribution is 0.0935. The molecule has 1 amide bonds. The lowest BCUT2D eigenvalue weighted by atomic mass is 10.2. The number of carbonyl (C=O) groups excluding carboxylic acids is 1. The molecule has 4 bridgehead atoms. The van der Waals surface area contributed by atoms with Crippen LogP contribution < -0.4 is 21.3 Å². The zero-order chi connectivity index (χ0) is 20.0. The van der Waals surface area contributed by atoms with Crippen molar-refractivity contribution in [2.75, 3.05) is 29.5 Å². The number of nitrogens with zero attached hydrogens (tertiary/aromatic N) is 5. The van der Waals surface area contributed by atoms with Gasteiger partial charge in [0.25, 0.3) is 5.91 Å². The van der Waals surface area contributed by atoms with Crippen LogP contribution in [-0.4, -0.2) is 50.1 Å². The van der Waals surface area contributed by atoms with Crippen molar-refractivity contribution in [3.63, 3.8) is 0 Å². The molecular weight excluding hydrogens is 370 g/mol. The van der Waals surface area contributed by atoms with E-state index in [1.165, 1.54) is 12.5 Å². The fourth-order valence-electron chi connectivity index (χ4n) is 3.39. The Morgan fingerprint density at radius 3 is 2.97 bits per heavy atom. The van der Waals surface area contributed by atoms with E-state index in [4.69, 9.17) is 0 Å². The van der Waals surface area contributed by atoms with Gasteiger partial charge in [-0.25, -0.2) is 19.5 Å². The van der Waals surface area contributed by atoms with E-state index in [2.05, 4.69) is 41.3 Å². The second kappa shape index (κ2) is 6.59. The summed E-state index contributed by atoms with van der Waals surface area (Å²) < 4.78 is 1.55. The van der Waals surface area contributed by atoms with Gasteiger partial charge in [0.05, 0.1) is 17.4 Å². The third-order valence-corrected chi connectivity index (χ3v) is 4.83. The number of hydrogen-bond donors (Lipinski definition) is 4. The van der Waals surface area contributed by atoms with Gasteiger partial charge in [-0.05, 0) is 25.1 Å². The molecule has 146 valence electrons. The Hall–Kier alpha value is -3.95. The maximum Gasteiger partial charge on any atom is 0.271 e. The van der Waals surface area contributed by atoms with E-state index in [0.717, 1.165) is 22.3 Å². The Morgan fingerprint density at radius 2 is 2.10 bits per heavy atom. The predicted octanol–water partition coefficient (Wildman–Crippen LogP) is 2.00. The molecule has 0 saturated heterocycles. The molecule has 10 nitrogen and oxygen atoms in total. The third kappa shape index (κ3) is 2.94. The van der Waals surface area contributed by atoms with E-state index in [1.54, 1.807) is 11.6 Å². The van der Waals surface area contributed by atoms with Crippen LogP contribution >= 0.6 is 0 Å². The van der Waals surface area contributed by atoms with Crippen LogP contribution in [0.2, 0.25) is 0 Å². The number of amides is 1. The molecular formula is C19H19N9O. The minimum Gasteiger partial charge on any atom is -0.385 e. The molecule has 0 aliphatic carbocycles. The molecule has 1 atom stereocenters. The first-order chi connectivity index (χ1) is 14.1. The van der Waals surface area contributed by atoms with E-state index < -0.39 is 0 Å². The summed E-state index contributed by atoms with van der Waals surface area (Å²) in [4.78, 5) is 25.9. The fraction of sp³-hybridized carbons (Fsp3) is 0.211. The van der Waals surface area contributed by atoms with Crippen molar-refractivity contribution in [2.24, 2.45) is 0 Å². The van der Waals surface area contributed by atoms with Gasteiger partial charge in [-0.3, -0.25) is 4.79 Å². The minimum absolute atomic E-state index is 0.144. The van der Waals surface area contributed by atoms with Gasteiger partial charge < -0.3 is 21.3 Å². The standard InChI is InChI=1S/C19H19N9O/c1-10-7-21-17-12-5-11(3-4-13(12)23-9-24-17)26-16-6-14(20-2)18-22-8-15(19(29)25-10)28(18)27-16/h3-6,8-10,20H,7H2,1-2H3,(H,25,29)(H,26,27)(H,21,23,24)/t10-/m1/s1. The predicted molar refractivity (Wildman–Crippen MR) is 111 cm³/mol. The van der Waals surface area contributed by atoms with E-state index in [1.807, 2.05) is 31.2 Å². The summed E-state index contributed by atoms with van der Waals surface area (Å²) in [6.45, 7) is 2.43. The average Bonchev–Trinajstić information content (AvgIpc) is 3.15. The maximum atomic E-state index is 12.8. The zero-order valence-electron chi connectivity index (χ0n) is 15.9. The molecule has 4 heterocycles. The summed E-state index contributed by atoms with van der Waals surface area (Å²) in [5.74, 6) is 1.04. The molecule has 0 spiro atoms. The smallest absolute Gasteiger partial charge is 0.271 e. The van der Waals surface area contributed by atoms with Crippen molar-refractivity contribution in [2.45, 2.75) is 13.0 Å². The van der Waals surface area contributed by atoms with Crippen LogP contribution in [0, 0.1) is 0 Å². The summed E-state index contributed by atoms with van der Waals surface area (Å²) in [5.41, 5.74) is 3.36. The number of benzene rings is 1. The molecule has 0 unspecified atom stereocenters. The molecule has 1 aliphatic rings. The molecule has 4 N–H and O–H groups in total. The van der Waals surface area contributed by atoms with Crippen molar-refractivity contribution in [3.05, 3.63) is 42.5 Å². The van der Waals surface area contributed by atoms with E-state index in [-0.39, 0.29) is 11.9 Å². The van der Waals surface area contributed by atoms with Crippen LogP contribution in [0.15, 0.2) is 36.8 Å². The van der Waals surface area contributed by atoms with Crippen LogP contribution in [0.3, 0.4) is 0 Å². The summed E-state index contributed by atoms with van der Waals surface area (Å²) in [6, 6.07) is 7.55. The number of imidazole rings is 1. The van der Waals surface area contributed by atoms with Crippen LogP contribution in [0.5, 0.6) is 0 Å². The molecule has 3 aromatic heterocycles. The SMILES string of the molecule is CNc1cc2nn3c(cnc13)C(=O)N[C@H](C)CNc1ncnc3ccc(cc13)N2. The maximum absolute atomic E-state index is 12.8. The molecule has 0 fully saturated rings. The Labute approximate surface area is 165 Å². The van der Waals surface area contributed by atoms with Crippen LogP contribution in [0.4, 0.5) is 23.0 Å². The number of carbonyl (C=O) groups is 1. The molecule has 29 heavy (non-hydrogen) atoms. The van der Waals surface area contributed by atoms with E-state index in [9.17, 15) is 4.79 Å². The molecule has 0 radical (unpaired) electrons. The monoisotopic (exact) mass is 389 g/mol. The lowest BCUT2D eigenvalue weighted by Crippen LogP contribution is -2.38. The van der Waals surface area contributed by atoms with E-state index in [0.29, 0.717) is 29.5 Å². The molecule has 5 rings (SSSR count). The van der Waals surface area contributed by atoms with Gasteiger partial charge in [-0.15, -0.1) is 5.10 Å². The highest BCUT2D eigenvalue weighted by molar-refractivity contribution is 5.95. The number of aromatic nitrogens is 5. The van der Waals surface area contributed by atoms with Crippen molar-refractivity contribution in [1.82, 2.24) is 29.9 Å². The second-order valence-corrected chi connectivity index (χ2v) is 6.91. The van der Waals surface area contributed by atoms with Gasteiger partial charge in [-0.2, -0.15) is 0 Å². The molecule has 1 aliphatic heterocycles. The third-order valence-electron chi connectivity index (χ3n) is 4.83. The highest BCUT2D eigenvalue weighted by Crippen LogP contribution is 2.27. The Morgan fingerprint density at radius 1 is 1.21 bits per heavy atom. The number of fused-ring (bicyclic) bond motifs is 2. The Bertz CT molecular complexity index is 1250. The number of nitrogens with one attached hydrogen (secondary N) is 4. The van der Waals surface area contributed by atoms with Gasteiger partial charge in [0.15, 0.2) is 17.2 Å². The quantitative estimate of drug-likeness (QED) is 0.390. The largest absolute Gasteiger partial charge is 0.385 e. The first-order valence-corrected chi connectivity index (χ1v) is 9.25. The first kappa shape index (κ1) is 17.2. The average molecular weight is 389 g/mol. The highest BCUT2D eigenvalue weighted by Gasteiger charge is 2.19. The van der Waals surface area contributed by atoms with E-state index >= 15 is 0 Å². The van der Waals surface area contributed by atoms with Crippen molar-refractivity contribution in [1.29, 1.82) is 0 Å². The summed E-state index contributed by atoms with van der Waals surface area (Å²) >= 11 is 0. The number of hydrogen-bond acceptors (Lipinski definition) is 8. The first-order valence-electron chi connectivity index (χ1n) is 9.25. The summed E-state index contributed by atoms with van der Waals surface area (Å²) in [6.07, 6.45) is 3.06. The second-order valence-electron chi connectivity index (χ2n) is 6.91. The zero-order valence-corrected chi connectivity index (χ0v) is 15.9. The van der Waals surface area contributed by atoms with Crippen LogP contribution in [-0.2, 0) is 0 Å². The van der Waals surface area contributed by atoms with Gasteiger partial charge in [0, 0.05) is 36.8 Å². The normalized spacial score (nSPS) is 16.3. The molecule has 1 aromatic carbocycles. The van der Waals surface area contributed by atoms with Gasteiger partial charge in [0.1, 0.15) is 12.1 Å². The van der Waals surface area contributed by atoms with Gasteiger partial charge in [0.2, 0.25) is 0 Å². The van der Waals surface area contributed by atoms with Crippen molar-refractivity contribution >= 4 is 45.5 Å². The Balaban J connectivity index is 1.71. The summed E-state index contributed by atoms with van der Waals surface area (Å²) in [7, 11) is 1.80. The van der Waals surface area contributed by atoms with Gasteiger partial charge in [-0.1, -0.05) is 0 Å². The van der Waals surface area contributed by atoms with Crippen molar-refractivity contribution in [3.8, 4) is 0 Å². The van der Waals surface area contributed by atoms with Gasteiger partial charge >= 0.3 is 0 Å². The highest BCUT2D eigenvalue weighted by atomic mass is 16.2. The summed E-state index contributed by atoms with van der Waals surface area (Å²) in [5, 5.41) is 18.2. The van der Waals surface area contributed by atoms with Crippen molar-refractivity contribution < 1.29 is 4.79 Å². The topological polar surface area (TPSA) is 121 Å². The lowest BCUT2D eigenvalue weighted by Gasteiger charge is -2.17. The van der Waals surface area contributed by atoms with Crippen LogP contribution in [0.1, 0.15) is 17.4 Å². The number of anilines is 4. The Kier molecular flexibility index (Phi) is 3.90. The minimum atomic E-state index is -0.248. The van der Waals surface area contributed by atoms with Crippen LogP contribution in [0.25, 0.3) is 16.6 Å². The number of rotatable bonds is 1. The molecule has 0 saturated carbocycles. The fourth-order valence-corrected chi connectivity index (χ4v) is 3.39.